The average molecular weight is 1650 g/mol. The third-order valence-corrected chi connectivity index (χ3v) is 35.5. The Bertz CT molecular complexity index is 3730. The van der Waals surface area contributed by atoms with Crippen LogP contribution in [0, 0.1) is 0 Å². The first-order valence-corrected chi connectivity index (χ1v) is 54.0. The van der Waals surface area contributed by atoms with Crippen LogP contribution in [-0.2, 0) is 63.2 Å². The number of hydrogen-bond donors (Lipinski definition) is 0. The molecule has 0 amide bonds. The molecule has 8 aromatic rings. The second-order valence-electron chi connectivity index (χ2n) is 34.6. The van der Waals surface area contributed by atoms with Gasteiger partial charge in [0.05, 0.1) is 0 Å². The van der Waals surface area contributed by atoms with Crippen LogP contribution >= 0.6 is 90.7 Å². The second kappa shape index (κ2) is 54.6. The molecule has 0 aliphatic rings. The number of unbranched alkanes of at least 4 members (excludes halogenated alkanes) is 40. The van der Waals surface area contributed by atoms with Crippen LogP contribution in [0.4, 0.5) is 0 Å². The molecular formula is C103H160S8. The minimum absolute atomic E-state index is 0.177. The van der Waals surface area contributed by atoms with E-state index in [1.165, 1.54) is 366 Å². The third-order valence-electron chi connectivity index (χ3n) is 24.3. The first-order valence-electron chi connectivity index (χ1n) is 47.5. The topological polar surface area (TPSA) is 0 Å². The fourth-order valence-corrected chi connectivity index (χ4v) is 27.6. The van der Waals surface area contributed by atoms with E-state index < -0.39 is 0 Å². The highest BCUT2D eigenvalue weighted by Crippen LogP contribution is 2.55. The van der Waals surface area contributed by atoms with Crippen LogP contribution in [0.2, 0.25) is 0 Å². The van der Waals surface area contributed by atoms with Crippen molar-refractivity contribution in [1.29, 1.82) is 0 Å². The summed E-state index contributed by atoms with van der Waals surface area (Å²) in [5, 5.41) is 0. The summed E-state index contributed by atoms with van der Waals surface area (Å²) in [6.07, 6.45) is 76.3. The molecule has 0 aliphatic carbocycles. The molecule has 0 bridgehead atoms. The van der Waals surface area contributed by atoms with E-state index in [-0.39, 0.29) is 5.41 Å². The molecule has 0 spiro atoms. The maximum Gasteiger partial charge on any atom is 0.0481 e. The lowest BCUT2D eigenvalue weighted by molar-refractivity contribution is 0.510. The van der Waals surface area contributed by atoms with Crippen molar-refractivity contribution in [2.24, 2.45) is 0 Å². The highest BCUT2D eigenvalue weighted by molar-refractivity contribution is 7.32. The smallest absolute Gasteiger partial charge is 0.0481 e. The Morgan fingerprint density at radius 1 is 0.189 bits per heavy atom. The summed E-state index contributed by atoms with van der Waals surface area (Å²) in [7, 11) is 0. The SMILES string of the molecule is CCCCCCCCc1cc(CC)sc1-c1cc(CCCCCCCC)c(-c2cc(CCCCCCCC)c(-c3cc(CCCCCCCC)c(-c4cc(CCCCCCCC)c(-c5cc(CCCCCCCC)c(-c6cc(CCCCCCCC)c(-c7cc(CCCCCCCC)c(C(C)(C)CC)s7)s6)s5)s4)s3)s2)s1. The predicted molar refractivity (Wildman–Crippen MR) is 517 cm³/mol. The molecule has 8 heterocycles. The molecule has 0 unspecified atom stereocenters. The summed E-state index contributed by atoms with van der Waals surface area (Å²) in [6.45, 7) is 28.8. The van der Waals surface area contributed by atoms with Crippen molar-refractivity contribution in [3.63, 3.8) is 0 Å². The molecule has 0 aromatic carbocycles. The number of thiophene rings is 8. The Kier molecular flexibility index (Phi) is 46.3. The quantitative estimate of drug-likeness (QED) is 0.0333. The average Bonchev–Trinajstić information content (AvgIpc) is 1.61. The molecular weight excluding hydrogens is 1490 g/mol. The summed E-state index contributed by atoms with van der Waals surface area (Å²) < 4.78 is 0. The molecule has 0 N–H and O–H groups in total. The first kappa shape index (κ1) is 94.1. The van der Waals surface area contributed by atoms with Gasteiger partial charge in [-0.05, 0) is 214 Å². The van der Waals surface area contributed by atoms with Gasteiger partial charge in [-0.2, -0.15) is 0 Å². The van der Waals surface area contributed by atoms with Crippen molar-refractivity contribution < 1.29 is 0 Å². The zero-order chi connectivity index (χ0) is 78.7. The monoisotopic (exact) mass is 1650 g/mol. The molecule has 0 fully saturated rings. The molecule has 0 radical (unpaired) electrons. The fraction of sp³-hybridized carbons (Fsp3) is 0.689. The van der Waals surface area contributed by atoms with Crippen LogP contribution < -0.4 is 0 Å². The third kappa shape index (κ3) is 31.0. The van der Waals surface area contributed by atoms with Gasteiger partial charge in [0.15, 0.2) is 0 Å². The lowest BCUT2D eigenvalue weighted by atomic mass is 9.85. The first-order chi connectivity index (χ1) is 54.5. The maximum absolute atomic E-state index is 2.78. The van der Waals surface area contributed by atoms with Crippen LogP contribution in [0.15, 0.2) is 48.5 Å². The number of hydrogen-bond acceptors (Lipinski definition) is 8. The molecule has 620 valence electrons. The standard InChI is InChI=1S/C103H160S8/c1-13-23-31-39-47-55-63-79-71-87(21-9)104-95(79)88-72-80(64-56-48-40-32-24-14-2)96(105-88)89-73-81(65-57-49-41-33-25-15-3)97(106-89)90-74-82(66-58-50-42-34-26-16-4)98(107-90)91-75-83(67-59-51-43-35-27-17-5)99(108-91)92-76-84(68-60-52-44-36-28-18-6)100(109-92)93-77-85(69-61-53-45-37-29-19-7)101(110-93)94-78-86(70-62-54-46-38-30-20-8)102(111-94)103(11,12)22-10/h71-78H,13-70H2,1-12H3. The summed E-state index contributed by atoms with van der Waals surface area (Å²) >= 11 is 17.4. The summed E-state index contributed by atoms with van der Waals surface area (Å²) in [4.78, 5) is 25.2. The molecule has 111 heavy (non-hydrogen) atoms. The van der Waals surface area contributed by atoms with Gasteiger partial charge in [-0.25, -0.2) is 0 Å². The molecule has 0 saturated carbocycles. The van der Waals surface area contributed by atoms with Gasteiger partial charge in [-0.1, -0.05) is 340 Å². The van der Waals surface area contributed by atoms with E-state index in [2.05, 4.69) is 222 Å². The molecule has 8 rings (SSSR count). The zero-order valence-electron chi connectivity index (χ0n) is 73.4. The van der Waals surface area contributed by atoms with E-state index in [1.807, 2.05) is 0 Å². The second-order valence-corrected chi connectivity index (χ2v) is 43.1. The highest BCUT2D eigenvalue weighted by atomic mass is 32.1. The molecule has 0 atom stereocenters. The van der Waals surface area contributed by atoms with Crippen molar-refractivity contribution in [2.75, 3.05) is 0 Å². The van der Waals surface area contributed by atoms with Crippen molar-refractivity contribution in [3.05, 3.63) is 103 Å². The van der Waals surface area contributed by atoms with Crippen molar-refractivity contribution in [1.82, 2.24) is 0 Å². The van der Waals surface area contributed by atoms with Gasteiger partial charge in [0.2, 0.25) is 0 Å². The van der Waals surface area contributed by atoms with Gasteiger partial charge in [-0.15, -0.1) is 90.7 Å². The largest absolute Gasteiger partial charge is 0.139 e. The Morgan fingerprint density at radius 2 is 0.360 bits per heavy atom. The van der Waals surface area contributed by atoms with Gasteiger partial charge in [0.25, 0.3) is 0 Å². The fourth-order valence-electron chi connectivity index (χ4n) is 16.9. The normalized spacial score (nSPS) is 12.1. The lowest BCUT2D eigenvalue weighted by Gasteiger charge is -2.23. The Labute approximate surface area is 716 Å². The van der Waals surface area contributed by atoms with Crippen LogP contribution in [-0.4, -0.2) is 0 Å². The van der Waals surface area contributed by atoms with Crippen molar-refractivity contribution in [3.8, 4) is 68.3 Å². The molecule has 8 aromatic heterocycles. The number of aryl methyl sites for hydroxylation is 9. The Morgan fingerprint density at radius 3 is 0.568 bits per heavy atom. The number of rotatable bonds is 66. The van der Waals surface area contributed by atoms with Crippen LogP contribution in [0.5, 0.6) is 0 Å². The van der Waals surface area contributed by atoms with E-state index in [0.717, 1.165) is 6.42 Å². The molecule has 0 nitrogen and oxygen atoms in total. The predicted octanol–water partition coefficient (Wildman–Crippen LogP) is 39.3. The van der Waals surface area contributed by atoms with Gasteiger partial charge in [0, 0.05) is 78.0 Å². The van der Waals surface area contributed by atoms with E-state index in [4.69, 9.17) is 0 Å². The van der Waals surface area contributed by atoms with Gasteiger partial charge in [-0.3, -0.25) is 0 Å². The summed E-state index contributed by atoms with van der Waals surface area (Å²) in [5.74, 6) is 0. The van der Waals surface area contributed by atoms with Crippen LogP contribution in [0.3, 0.4) is 0 Å². The van der Waals surface area contributed by atoms with E-state index in [9.17, 15) is 0 Å². The summed E-state index contributed by atoms with van der Waals surface area (Å²) in [6, 6.07) is 21.9. The van der Waals surface area contributed by atoms with E-state index >= 15 is 0 Å². The maximum atomic E-state index is 2.78. The zero-order valence-corrected chi connectivity index (χ0v) is 79.9. The Hall–Kier alpha value is -2.40. The Balaban J connectivity index is 1.27. The van der Waals surface area contributed by atoms with E-state index in [1.54, 1.807) is 123 Å². The lowest BCUT2D eigenvalue weighted by Crippen LogP contribution is -2.15. The summed E-state index contributed by atoms with van der Waals surface area (Å²) in [5.41, 5.74) is 13.2. The van der Waals surface area contributed by atoms with Crippen molar-refractivity contribution in [2.45, 2.75) is 461 Å². The van der Waals surface area contributed by atoms with E-state index in [0.29, 0.717) is 0 Å². The molecule has 0 saturated heterocycles. The highest BCUT2D eigenvalue weighted by Gasteiger charge is 2.29. The van der Waals surface area contributed by atoms with Crippen LogP contribution in [0.25, 0.3) is 68.3 Å². The minimum atomic E-state index is 0.177. The van der Waals surface area contributed by atoms with Crippen molar-refractivity contribution >= 4 is 90.7 Å². The molecule has 0 aliphatic heterocycles. The minimum Gasteiger partial charge on any atom is -0.139 e. The molecule has 8 heteroatoms. The van der Waals surface area contributed by atoms with Gasteiger partial charge in [0.1, 0.15) is 0 Å². The van der Waals surface area contributed by atoms with Gasteiger partial charge >= 0.3 is 0 Å². The van der Waals surface area contributed by atoms with Crippen LogP contribution in [0.1, 0.15) is 452 Å². The van der Waals surface area contributed by atoms with Gasteiger partial charge < -0.3 is 0 Å².